The molecule has 0 bridgehead atoms. The first-order chi connectivity index (χ1) is 10.0. The summed E-state index contributed by atoms with van der Waals surface area (Å²) in [7, 11) is 0. The normalized spacial score (nSPS) is 11.8. The standard InChI is InChI=1S/C15H17ClN4O/c1-9-7-14(20-17)13(8-18-9)15(21)19-10(2)11-3-5-12(16)6-4-11/h3-8,10H,17H2,1-2H3,(H,18,20)(H,19,21). The number of hydrogen-bond acceptors (Lipinski definition) is 4. The Morgan fingerprint density at radius 3 is 2.62 bits per heavy atom. The number of amides is 1. The molecule has 0 saturated carbocycles. The van der Waals surface area contributed by atoms with Crippen LogP contribution in [0.15, 0.2) is 36.5 Å². The molecular weight excluding hydrogens is 288 g/mol. The van der Waals surface area contributed by atoms with E-state index in [0.29, 0.717) is 16.3 Å². The van der Waals surface area contributed by atoms with Crippen molar-refractivity contribution in [2.45, 2.75) is 19.9 Å². The van der Waals surface area contributed by atoms with Crippen LogP contribution in [0.4, 0.5) is 5.69 Å². The van der Waals surface area contributed by atoms with E-state index in [0.717, 1.165) is 11.3 Å². The second-order valence-electron chi connectivity index (χ2n) is 4.76. The number of aromatic nitrogens is 1. The first-order valence-electron chi connectivity index (χ1n) is 6.51. The summed E-state index contributed by atoms with van der Waals surface area (Å²) in [5.41, 5.74) is 5.22. The number of anilines is 1. The molecule has 1 heterocycles. The molecule has 5 nitrogen and oxygen atoms in total. The topological polar surface area (TPSA) is 80.0 Å². The lowest BCUT2D eigenvalue weighted by atomic mass is 10.1. The summed E-state index contributed by atoms with van der Waals surface area (Å²) in [6.07, 6.45) is 1.51. The summed E-state index contributed by atoms with van der Waals surface area (Å²) in [6.45, 7) is 3.73. The highest BCUT2D eigenvalue weighted by atomic mass is 35.5. The molecule has 0 aliphatic heterocycles. The Bertz CT molecular complexity index is 643. The van der Waals surface area contributed by atoms with Gasteiger partial charge in [-0.3, -0.25) is 15.6 Å². The third-order valence-corrected chi connectivity index (χ3v) is 3.41. The quantitative estimate of drug-likeness (QED) is 0.599. The number of halogens is 1. The van der Waals surface area contributed by atoms with Crippen molar-refractivity contribution in [3.63, 3.8) is 0 Å². The molecule has 1 aromatic heterocycles. The first-order valence-corrected chi connectivity index (χ1v) is 6.88. The van der Waals surface area contributed by atoms with Gasteiger partial charge >= 0.3 is 0 Å². The Morgan fingerprint density at radius 2 is 2.00 bits per heavy atom. The molecule has 21 heavy (non-hydrogen) atoms. The van der Waals surface area contributed by atoms with Gasteiger partial charge in [-0.05, 0) is 37.6 Å². The number of benzene rings is 1. The molecule has 4 N–H and O–H groups in total. The third-order valence-electron chi connectivity index (χ3n) is 3.16. The van der Waals surface area contributed by atoms with Gasteiger partial charge in [0.15, 0.2) is 0 Å². The van der Waals surface area contributed by atoms with Gasteiger partial charge in [0.1, 0.15) is 0 Å². The van der Waals surface area contributed by atoms with Crippen molar-refractivity contribution < 1.29 is 4.79 Å². The van der Waals surface area contributed by atoms with E-state index in [2.05, 4.69) is 15.7 Å². The van der Waals surface area contributed by atoms with Crippen molar-refractivity contribution in [1.29, 1.82) is 0 Å². The number of rotatable bonds is 4. The summed E-state index contributed by atoms with van der Waals surface area (Å²) >= 11 is 5.85. The van der Waals surface area contributed by atoms with Crippen molar-refractivity contribution >= 4 is 23.2 Å². The molecule has 110 valence electrons. The van der Waals surface area contributed by atoms with E-state index in [9.17, 15) is 4.79 Å². The van der Waals surface area contributed by atoms with Crippen LogP contribution in [0.1, 0.15) is 34.6 Å². The number of nitrogen functional groups attached to an aromatic ring is 1. The van der Waals surface area contributed by atoms with E-state index in [1.54, 1.807) is 18.2 Å². The summed E-state index contributed by atoms with van der Waals surface area (Å²) in [5.74, 6) is 5.21. The maximum Gasteiger partial charge on any atom is 0.255 e. The molecular formula is C15H17ClN4O. The Balaban J connectivity index is 2.16. The minimum atomic E-state index is -0.238. The van der Waals surface area contributed by atoms with Crippen LogP contribution in [0.2, 0.25) is 5.02 Å². The average Bonchev–Trinajstić information content (AvgIpc) is 2.47. The Morgan fingerprint density at radius 1 is 1.33 bits per heavy atom. The van der Waals surface area contributed by atoms with Gasteiger partial charge in [-0.2, -0.15) is 0 Å². The molecule has 1 aromatic carbocycles. The van der Waals surface area contributed by atoms with Gasteiger partial charge in [0.25, 0.3) is 5.91 Å². The van der Waals surface area contributed by atoms with Gasteiger partial charge in [0.2, 0.25) is 0 Å². The number of pyridine rings is 1. The molecule has 0 aliphatic carbocycles. The molecule has 2 rings (SSSR count). The zero-order valence-corrected chi connectivity index (χ0v) is 12.6. The molecule has 2 aromatic rings. The lowest BCUT2D eigenvalue weighted by Crippen LogP contribution is -2.28. The second-order valence-corrected chi connectivity index (χ2v) is 5.20. The molecule has 0 fully saturated rings. The third kappa shape index (κ3) is 3.71. The van der Waals surface area contributed by atoms with Crippen LogP contribution in [-0.2, 0) is 0 Å². The second kappa shape index (κ2) is 6.56. The van der Waals surface area contributed by atoms with Crippen molar-refractivity contribution in [1.82, 2.24) is 10.3 Å². The van der Waals surface area contributed by atoms with Gasteiger partial charge in [0, 0.05) is 16.9 Å². The molecule has 0 aliphatic rings. The maximum atomic E-state index is 12.3. The lowest BCUT2D eigenvalue weighted by molar-refractivity contribution is 0.0940. The number of hydrazine groups is 1. The maximum absolute atomic E-state index is 12.3. The van der Waals surface area contributed by atoms with Crippen LogP contribution >= 0.6 is 11.6 Å². The lowest BCUT2D eigenvalue weighted by Gasteiger charge is -2.16. The highest BCUT2D eigenvalue weighted by Crippen LogP contribution is 2.19. The van der Waals surface area contributed by atoms with E-state index in [4.69, 9.17) is 17.4 Å². The number of hydrogen-bond donors (Lipinski definition) is 3. The van der Waals surface area contributed by atoms with E-state index in [1.165, 1.54) is 6.20 Å². The summed E-state index contributed by atoms with van der Waals surface area (Å²) in [4.78, 5) is 16.4. The van der Waals surface area contributed by atoms with Gasteiger partial charge in [-0.1, -0.05) is 23.7 Å². The Hall–Kier alpha value is -2.11. The van der Waals surface area contributed by atoms with E-state index in [1.807, 2.05) is 26.0 Å². The minimum absolute atomic E-state index is 0.151. The van der Waals surface area contributed by atoms with Crippen LogP contribution in [0.3, 0.4) is 0 Å². The number of carbonyl (C=O) groups is 1. The van der Waals surface area contributed by atoms with Crippen LogP contribution in [0.25, 0.3) is 0 Å². The van der Waals surface area contributed by atoms with Crippen molar-refractivity contribution in [3.05, 3.63) is 58.4 Å². The zero-order chi connectivity index (χ0) is 15.4. The fourth-order valence-electron chi connectivity index (χ4n) is 1.97. The molecule has 0 spiro atoms. The van der Waals surface area contributed by atoms with Crippen molar-refractivity contribution in [2.24, 2.45) is 5.84 Å². The van der Waals surface area contributed by atoms with Gasteiger partial charge < -0.3 is 10.7 Å². The monoisotopic (exact) mass is 304 g/mol. The smallest absolute Gasteiger partial charge is 0.255 e. The number of carbonyl (C=O) groups excluding carboxylic acids is 1. The minimum Gasteiger partial charge on any atom is -0.345 e. The van der Waals surface area contributed by atoms with E-state index in [-0.39, 0.29) is 11.9 Å². The largest absolute Gasteiger partial charge is 0.345 e. The van der Waals surface area contributed by atoms with Crippen molar-refractivity contribution in [2.75, 3.05) is 5.43 Å². The van der Waals surface area contributed by atoms with E-state index >= 15 is 0 Å². The molecule has 1 unspecified atom stereocenters. The predicted octanol–water partition coefficient (Wildman–Crippen LogP) is 2.82. The van der Waals surface area contributed by atoms with Crippen LogP contribution in [0.5, 0.6) is 0 Å². The number of nitrogens with one attached hydrogen (secondary N) is 2. The molecule has 1 atom stereocenters. The number of nitrogens with two attached hydrogens (primary N) is 1. The van der Waals surface area contributed by atoms with Crippen LogP contribution in [-0.4, -0.2) is 10.9 Å². The first kappa shape index (κ1) is 15.3. The predicted molar refractivity (Wildman–Crippen MR) is 84.1 cm³/mol. The highest BCUT2D eigenvalue weighted by Gasteiger charge is 2.15. The number of nitrogens with zero attached hydrogens (tertiary/aromatic N) is 1. The zero-order valence-electron chi connectivity index (χ0n) is 11.9. The van der Waals surface area contributed by atoms with Crippen LogP contribution in [0, 0.1) is 6.92 Å². The van der Waals surface area contributed by atoms with E-state index < -0.39 is 0 Å². The summed E-state index contributed by atoms with van der Waals surface area (Å²) < 4.78 is 0. The molecule has 0 radical (unpaired) electrons. The summed E-state index contributed by atoms with van der Waals surface area (Å²) in [5, 5.41) is 3.57. The molecule has 1 amide bonds. The van der Waals surface area contributed by atoms with Crippen molar-refractivity contribution in [3.8, 4) is 0 Å². The number of aryl methyl sites for hydroxylation is 1. The van der Waals surface area contributed by atoms with Gasteiger partial charge in [-0.25, -0.2) is 0 Å². The highest BCUT2D eigenvalue weighted by molar-refractivity contribution is 6.30. The fraction of sp³-hybridized carbons (Fsp3) is 0.200. The average molecular weight is 305 g/mol. The molecule has 0 saturated heterocycles. The van der Waals surface area contributed by atoms with Gasteiger partial charge in [-0.15, -0.1) is 0 Å². The Kier molecular flexibility index (Phi) is 4.77. The van der Waals surface area contributed by atoms with Gasteiger partial charge in [0.05, 0.1) is 17.3 Å². The fourth-order valence-corrected chi connectivity index (χ4v) is 2.10. The molecule has 6 heteroatoms. The Labute approximate surface area is 128 Å². The SMILES string of the molecule is Cc1cc(NN)c(C(=O)NC(C)c2ccc(Cl)cc2)cn1. The summed E-state index contributed by atoms with van der Waals surface area (Å²) in [6, 6.07) is 8.91. The van der Waals surface area contributed by atoms with Crippen LogP contribution < -0.4 is 16.6 Å².